The summed E-state index contributed by atoms with van der Waals surface area (Å²) in [6.07, 6.45) is 6.65. The molecule has 1 amide bonds. The lowest BCUT2D eigenvalue weighted by molar-refractivity contribution is -0.384. The highest BCUT2D eigenvalue weighted by atomic mass is 32.1. The molecular weight excluding hydrogens is 362 g/mol. The number of nitro groups is 1. The highest BCUT2D eigenvalue weighted by Gasteiger charge is 2.15. The summed E-state index contributed by atoms with van der Waals surface area (Å²) in [5, 5.41) is 11.2. The summed E-state index contributed by atoms with van der Waals surface area (Å²) < 4.78 is 0. The van der Waals surface area contributed by atoms with Gasteiger partial charge in [0, 0.05) is 47.9 Å². The van der Waals surface area contributed by atoms with E-state index in [2.05, 4.69) is 4.98 Å². The molecule has 0 atom stereocenters. The Balaban J connectivity index is 1.70. The van der Waals surface area contributed by atoms with Crippen LogP contribution in [0.15, 0.2) is 67.0 Å². The Labute approximate surface area is 160 Å². The van der Waals surface area contributed by atoms with Crippen molar-refractivity contribution in [3.05, 3.63) is 87.6 Å². The molecule has 0 aliphatic rings. The molecule has 27 heavy (non-hydrogen) atoms. The molecule has 0 N–H and O–H groups in total. The van der Waals surface area contributed by atoms with Crippen molar-refractivity contribution in [3.63, 3.8) is 0 Å². The van der Waals surface area contributed by atoms with Gasteiger partial charge in [-0.3, -0.25) is 19.9 Å². The number of carbonyl (C=O) groups is 1. The van der Waals surface area contributed by atoms with Crippen molar-refractivity contribution in [2.24, 2.45) is 0 Å². The van der Waals surface area contributed by atoms with Crippen molar-refractivity contribution in [2.75, 3.05) is 7.05 Å². The first kappa shape index (κ1) is 18.5. The van der Waals surface area contributed by atoms with Crippen molar-refractivity contribution in [1.82, 2.24) is 9.88 Å². The Morgan fingerprint density at radius 2 is 2.04 bits per heavy atom. The van der Waals surface area contributed by atoms with E-state index in [0.29, 0.717) is 12.1 Å². The molecule has 0 aliphatic carbocycles. The standard InChI is InChI=1S/C20H17N3O3S/c1-22(14-15-5-4-12-21-13-15)20(24)11-9-16-8-10-19(27-16)17-6-2-3-7-18(17)23(25)26/h2-13H,14H2,1H3. The number of amides is 1. The lowest BCUT2D eigenvalue weighted by Gasteiger charge is -2.14. The molecular formula is C20H17N3O3S. The normalized spacial score (nSPS) is 10.9. The Morgan fingerprint density at radius 3 is 2.78 bits per heavy atom. The fraction of sp³-hybridized carbons (Fsp3) is 0.100. The zero-order valence-corrected chi connectivity index (χ0v) is 15.4. The molecule has 0 fully saturated rings. The Bertz CT molecular complexity index is 983. The maximum absolute atomic E-state index is 12.3. The van der Waals surface area contributed by atoms with Crippen molar-refractivity contribution >= 4 is 29.0 Å². The SMILES string of the molecule is CN(Cc1cccnc1)C(=O)C=Cc1ccc(-c2ccccc2[N+](=O)[O-])s1. The van der Waals surface area contributed by atoms with Crippen LogP contribution in [0.1, 0.15) is 10.4 Å². The number of pyridine rings is 1. The van der Waals surface area contributed by atoms with Crippen LogP contribution in [-0.4, -0.2) is 27.8 Å². The predicted molar refractivity (Wildman–Crippen MR) is 106 cm³/mol. The zero-order valence-electron chi connectivity index (χ0n) is 14.6. The molecule has 6 nitrogen and oxygen atoms in total. The second-order valence-corrected chi connectivity index (χ2v) is 6.98. The molecule has 1 aromatic carbocycles. The van der Waals surface area contributed by atoms with E-state index in [1.165, 1.54) is 23.5 Å². The number of thiophene rings is 1. The number of benzene rings is 1. The fourth-order valence-electron chi connectivity index (χ4n) is 2.55. The quantitative estimate of drug-likeness (QED) is 0.362. The van der Waals surface area contributed by atoms with E-state index in [-0.39, 0.29) is 16.5 Å². The van der Waals surface area contributed by atoms with Crippen molar-refractivity contribution in [3.8, 4) is 10.4 Å². The summed E-state index contributed by atoms with van der Waals surface area (Å²) in [6, 6.07) is 14.1. The second-order valence-electron chi connectivity index (χ2n) is 5.87. The first-order valence-electron chi connectivity index (χ1n) is 8.20. The average Bonchev–Trinajstić information content (AvgIpc) is 3.15. The van der Waals surface area contributed by atoms with E-state index >= 15 is 0 Å². The van der Waals surface area contributed by atoms with Crippen LogP contribution in [0.25, 0.3) is 16.5 Å². The minimum atomic E-state index is -0.387. The third-order valence-corrected chi connectivity index (χ3v) is 4.99. The first-order chi connectivity index (χ1) is 13.0. The van der Waals surface area contributed by atoms with Crippen LogP contribution in [0.4, 0.5) is 5.69 Å². The molecule has 136 valence electrons. The molecule has 0 saturated carbocycles. The van der Waals surface area contributed by atoms with Crippen molar-refractivity contribution in [2.45, 2.75) is 6.54 Å². The summed E-state index contributed by atoms with van der Waals surface area (Å²) in [6.45, 7) is 0.475. The Kier molecular flexibility index (Phi) is 5.73. The van der Waals surface area contributed by atoms with Gasteiger partial charge in [-0.05, 0) is 35.9 Å². The van der Waals surface area contributed by atoms with Gasteiger partial charge < -0.3 is 4.90 Å². The first-order valence-corrected chi connectivity index (χ1v) is 9.02. The van der Waals surface area contributed by atoms with Crippen LogP contribution in [-0.2, 0) is 11.3 Å². The molecule has 3 rings (SSSR count). The molecule has 0 aliphatic heterocycles. The molecule has 0 saturated heterocycles. The summed E-state index contributed by atoms with van der Waals surface area (Å²) in [7, 11) is 1.73. The number of rotatable bonds is 6. The summed E-state index contributed by atoms with van der Waals surface area (Å²) >= 11 is 1.40. The lowest BCUT2D eigenvalue weighted by atomic mass is 10.1. The monoisotopic (exact) mass is 379 g/mol. The lowest BCUT2D eigenvalue weighted by Crippen LogP contribution is -2.24. The number of nitro benzene ring substituents is 1. The molecule has 2 aromatic heterocycles. The van der Waals surface area contributed by atoms with Crippen LogP contribution in [0.5, 0.6) is 0 Å². The van der Waals surface area contributed by atoms with Gasteiger partial charge in [0.1, 0.15) is 0 Å². The van der Waals surface area contributed by atoms with E-state index < -0.39 is 0 Å². The van der Waals surface area contributed by atoms with Crippen LogP contribution in [0.2, 0.25) is 0 Å². The van der Waals surface area contributed by atoms with Crippen LogP contribution < -0.4 is 0 Å². The number of likely N-dealkylation sites (N-methyl/N-ethyl adjacent to an activating group) is 1. The fourth-order valence-corrected chi connectivity index (χ4v) is 3.50. The van der Waals surface area contributed by atoms with Crippen LogP contribution in [0.3, 0.4) is 0 Å². The predicted octanol–water partition coefficient (Wildman–Crippen LogP) is 4.39. The van der Waals surface area contributed by atoms with E-state index in [9.17, 15) is 14.9 Å². The second kappa shape index (κ2) is 8.37. The minimum absolute atomic E-state index is 0.0714. The number of hydrogen-bond donors (Lipinski definition) is 0. The van der Waals surface area contributed by atoms with E-state index in [0.717, 1.165) is 15.3 Å². The number of para-hydroxylation sites is 1. The Morgan fingerprint density at radius 1 is 1.22 bits per heavy atom. The third-order valence-electron chi connectivity index (χ3n) is 3.90. The number of hydrogen-bond acceptors (Lipinski definition) is 5. The summed E-state index contributed by atoms with van der Waals surface area (Å²) in [5.41, 5.74) is 1.60. The average molecular weight is 379 g/mol. The van der Waals surface area contributed by atoms with E-state index in [1.807, 2.05) is 24.3 Å². The third kappa shape index (κ3) is 4.65. The number of carbonyl (C=O) groups excluding carboxylic acids is 1. The molecule has 2 heterocycles. The number of aromatic nitrogens is 1. The number of nitrogens with zero attached hydrogens (tertiary/aromatic N) is 3. The molecule has 0 bridgehead atoms. The van der Waals surface area contributed by atoms with Gasteiger partial charge in [0.2, 0.25) is 5.91 Å². The topological polar surface area (TPSA) is 76.3 Å². The van der Waals surface area contributed by atoms with Crippen LogP contribution >= 0.6 is 11.3 Å². The molecule has 3 aromatic rings. The van der Waals surface area contributed by atoms with Gasteiger partial charge in [0.15, 0.2) is 0 Å². The molecule has 0 unspecified atom stereocenters. The van der Waals surface area contributed by atoms with E-state index in [1.54, 1.807) is 48.6 Å². The molecule has 0 radical (unpaired) electrons. The van der Waals surface area contributed by atoms with Crippen molar-refractivity contribution in [1.29, 1.82) is 0 Å². The van der Waals surface area contributed by atoms with Gasteiger partial charge in [0.05, 0.1) is 10.5 Å². The maximum Gasteiger partial charge on any atom is 0.278 e. The highest BCUT2D eigenvalue weighted by molar-refractivity contribution is 7.16. The molecule has 7 heteroatoms. The Hall–Kier alpha value is -3.32. The largest absolute Gasteiger partial charge is 0.338 e. The molecule has 0 spiro atoms. The minimum Gasteiger partial charge on any atom is -0.338 e. The van der Waals surface area contributed by atoms with Gasteiger partial charge >= 0.3 is 0 Å². The summed E-state index contributed by atoms with van der Waals surface area (Å²) in [4.78, 5) is 30.4. The van der Waals surface area contributed by atoms with Gasteiger partial charge in [-0.1, -0.05) is 18.2 Å². The van der Waals surface area contributed by atoms with Gasteiger partial charge in [0.25, 0.3) is 5.69 Å². The zero-order chi connectivity index (χ0) is 19.2. The van der Waals surface area contributed by atoms with Gasteiger partial charge in [-0.25, -0.2) is 0 Å². The van der Waals surface area contributed by atoms with Gasteiger partial charge in [-0.2, -0.15) is 0 Å². The van der Waals surface area contributed by atoms with Crippen LogP contribution in [0, 0.1) is 10.1 Å². The summed E-state index contributed by atoms with van der Waals surface area (Å²) in [5.74, 6) is -0.125. The van der Waals surface area contributed by atoms with Crippen molar-refractivity contribution < 1.29 is 9.72 Å². The maximum atomic E-state index is 12.3. The smallest absolute Gasteiger partial charge is 0.278 e. The van der Waals surface area contributed by atoms with E-state index in [4.69, 9.17) is 0 Å². The van der Waals surface area contributed by atoms with Gasteiger partial charge in [-0.15, -0.1) is 11.3 Å². The highest BCUT2D eigenvalue weighted by Crippen LogP contribution is 2.34.